The number of carbonyl (C=O) groups is 2. The van der Waals surface area contributed by atoms with Crippen LogP contribution in [0.15, 0.2) is 24.3 Å². The Hall–Kier alpha value is -2.62. The zero-order valence-corrected chi connectivity index (χ0v) is 17.7. The molecular formula is C20H25ClN4O5. The van der Waals surface area contributed by atoms with Crippen molar-refractivity contribution in [1.82, 2.24) is 14.5 Å². The molecule has 0 saturated carbocycles. The molecule has 2 heterocycles. The van der Waals surface area contributed by atoms with Gasteiger partial charge >= 0.3 is 5.97 Å². The van der Waals surface area contributed by atoms with E-state index in [1.807, 2.05) is 12.1 Å². The quantitative estimate of drug-likeness (QED) is 0.599. The summed E-state index contributed by atoms with van der Waals surface area (Å²) in [7, 11) is 1.62. The summed E-state index contributed by atoms with van der Waals surface area (Å²) in [5.74, 6) is -0.212. The number of aliphatic hydroxyl groups is 2. The molecular weight excluding hydrogens is 412 g/mol. The molecule has 10 heteroatoms. The summed E-state index contributed by atoms with van der Waals surface area (Å²) in [5.41, 5.74) is 1.14. The number of carbonyl (C=O) groups excluding carboxylic acids is 2. The number of hydrogen-bond donors (Lipinski definition) is 2. The van der Waals surface area contributed by atoms with Crippen LogP contribution < -0.4 is 4.90 Å². The average Bonchev–Trinajstić information content (AvgIpc) is 3.06. The van der Waals surface area contributed by atoms with Crippen LogP contribution in [-0.2, 0) is 22.5 Å². The molecule has 0 spiro atoms. The Balaban J connectivity index is 2.05. The highest BCUT2D eigenvalue weighted by atomic mass is 35.5. The van der Waals surface area contributed by atoms with Crippen molar-refractivity contribution in [3.63, 3.8) is 0 Å². The molecule has 1 aromatic heterocycles. The number of rotatable bonds is 8. The van der Waals surface area contributed by atoms with Gasteiger partial charge in [0.25, 0.3) is 5.91 Å². The molecule has 0 bridgehead atoms. The van der Waals surface area contributed by atoms with Crippen molar-refractivity contribution < 1.29 is 24.5 Å². The van der Waals surface area contributed by atoms with Gasteiger partial charge in [0.05, 0.1) is 6.61 Å². The smallest absolute Gasteiger partial charge is 0.313 e. The third kappa shape index (κ3) is 4.43. The van der Waals surface area contributed by atoms with Gasteiger partial charge in [0.1, 0.15) is 12.2 Å². The molecule has 162 valence electrons. The van der Waals surface area contributed by atoms with Crippen LogP contribution in [0.4, 0.5) is 5.82 Å². The average molecular weight is 437 g/mol. The predicted octanol–water partition coefficient (Wildman–Crippen LogP) is 1.24. The van der Waals surface area contributed by atoms with Crippen LogP contribution in [0.5, 0.6) is 0 Å². The molecule has 0 fully saturated rings. The molecule has 1 atom stereocenters. The van der Waals surface area contributed by atoms with Gasteiger partial charge in [0.15, 0.2) is 11.5 Å². The van der Waals surface area contributed by atoms with Crippen LogP contribution in [0.1, 0.15) is 35.2 Å². The van der Waals surface area contributed by atoms with E-state index in [-0.39, 0.29) is 38.4 Å². The largest absolute Gasteiger partial charge is 0.466 e. The van der Waals surface area contributed by atoms with Gasteiger partial charge in [-0.15, -0.1) is 0 Å². The van der Waals surface area contributed by atoms with Crippen LogP contribution >= 0.6 is 11.6 Å². The van der Waals surface area contributed by atoms with E-state index in [0.29, 0.717) is 23.1 Å². The van der Waals surface area contributed by atoms with Gasteiger partial charge in [-0.25, -0.2) is 4.98 Å². The van der Waals surface area contributed by atoms with Gasteiger partial charge in [0, 0.05) is 31.8 Å². The number of aromatic nitrogens is 2. The van der Waals surface area contributed by atoms with Gasteiger partial charge in [-0.2, -0.15) is 0 Å². The lowest BCUT2D eigenvalue weighted by atomic mass is 10.2. The first-order chi connectivity index (χ1) is 14.4. The highest BCUT2D eigenvalue weighted by molar-refractivity contribution is 6.30. The second-order valence-corrected chi connectivity index (χ2v) is 7.36. The van der Waals surface area contributed by atoms with Crippen LogP contribution in [-0.4, -0.2) is 69.7 Å². The summed E-state index contributed by atoms with van der Waals surface area (Å²) in [5, 5.41) is 20.3. The topological polar surface area (TPSA) is 108 Å². The number of halogens is 1. The zero-order valence-electron chi connectivity index (χ0n) is 16.9. The van der Waals surface area contributed by atoms with Crippen LogP contribution in [0.3, 0.4) is 0 Å². The number of imidazole rings is 1. The molecule has 0 radical (unpaired) electrons. The highest BCUT2D eigenvalue weighted by Gasteiger charge is 2.39. The second kappa shape index (κ2) is 9.46. The van der Waals surface area contributed by atoms with E-state index in [1.165, 1.54) is 9.80 Å². The Morgan fingerprint density at radius 3 is 2.63 bits per heavy atom. The Morgan fingerprint density at radius 1 is 1.30 bits per heavy atom. The molecule has 1 aliphatic rings. The van der Waals surface area contributed by atoms with E-state index in [9.17, 15) is 14.7 Å². The first-order valence-electron chi connectivity index (χ1n) is 9.69. The fourth-order valence-electron chi connectivity index (χ4n) is 3.38. The summed E-state index contributed by atoms with van der Waals surface area (Å²) >= 11 is 5.97. The van der Waals surface area contributed by atoms with Crippen molar-refractivity contribution >= 4 is 29.3 Å². The Kier molecular flexibility index (Phi) is 6.96. The maximum absolute atomic E-state index is 13.2. The van der Waals surface area contributed by atoms with Crippen LogP contribution in [0, 0.1) is 0 Å². The number of fused-ring (bicyclic) bond motifs is 1. The molecule has 1 amide bonds. The van der Waals surface area contributed by atoms with Gasteiger partial charge in [-0.1, -0.05) is 23.7 Å². The van der Waals surface area contributed by atoms with E-state index in [4.69, 9.17) is 21.4 Å². The summed E-state index contributed by atoms with van der Waals surface area (Å²) < 4.78 is 6.72. The lowest BCUT2D eigenvalue weighted by molar-refractivity contribution is -0.142. The first-order valence-corrected chi connectivity index (χ1v) is 10.1. The molecule has 1 unspecified atom stereocenters. The number of benzene rings is 1. The summed E-state index contributed by atoms with van der Waals surface area (Å²) in [4.78, 5) is 32.6. The minimum absolute atomic E-state index is 0.106. The molecule has 0 aliphatic carbocycles. The minimum Gasteiger partial charge on any atom is -0.466 e. The van der Waals surface area contributed by atoms with E-state index in [0.717, 1.165) is 5.56 Å². The number of ether oxygens (including phenoxy) is 1. The Morgan fingerprint density at radius 2 is 2.00 bits per heavy atom. The fraction of sp³-hybridized carbons (Fsp3) is 0.450. The standard InChI is InChI=1S/C20H25ClN4O5/c1-3-30-16(27)11-15-22-18-17(25(15)12-13-5-7-14(21)8-6-13)19(28)24(9-4-10-26)20(29)23(18)2/h5-8,20,26,29H,3-4,9-12H2,1-2H3. The van der Waals surface area contributed by atoms with Gasteiger partial charge < -0.3 is 24.4 Å². The maximum Gasteiger partial charge on any atom is 0.313 e. The van der Waals surface area contributed by atoms with Crippen molar-refractivity contribution in [3.05, 3.63) is 46.4 Å². The summed E-state index contributed by atoms with van der Waals surface area (Å²) in [6.45, 7) is 2.32. The highest BCUT2D eigenvalue weighted by Crippen LogP contribution is 2.31. The maximum atomic E-state index is 13.2. The second-order valence-electron chi connectivity index (χ2n) is 6.93. The van der Waals surface area contributed by atoms with Crippen molar-refractivity contribution in [2.24, 2.45) is 0 Å². The van der Waals surface area contributed by atoms with E-state index >= 15 is 0 Å². The predicted molar refractivity (Wildman–Crippen MR) is 110 cm³/mol. The van der Waals surface area contributed by atoms with Gasteiger partial charge in [0.2, 0.25) is 6.35 Å². The lowest BCUT2D eigenvalue weighted by Crippen LogP contribution is -2.54. The molecule has 30 heavy (non-hydrogen) atoms. The molecule has 1 aliphatic heterocycles. The summed E-state index contributed by atoms with van der Waals surface area (Å²) in [6.07, 6.45) is -0.999. The zero-order chi connectivity index (χ0) is 21.8. The third-order valence-corrected chi connectivity index (χ3v) is 5.12. The summed E-state index contributed by atoms with van der Waals surface area (Å²) in [6, 6.07) is 7.16. The van der Waals surface area contributed by atoms with Crippen molar-refractivity contribution in [2.45, 2.75) is 32.7 Å². The van der Waals surface area contributed by atoms with Crippen LogP contribution in [0.25, 0.3) is 0 Å². The third-order valence-electron chi connectivity index (χ3n) is 4.87. The number of esters is 1. The van der Waals surface area contributed by atoms with Crippen molar-refractivity contribution in [2.75, 3.05) is 31.7 Å². The minimum atomic E-state index is -1.22. The lowest BCUT2D eigenvalue weighted by Gasteiger charge is -2.38. The fourth-order valence-corrected chi connectivity index (χ4v) is 3.50. The number of hydrogen-bond acceptors (Lipinski definition) is 7. The van der Waals surface area contributed by atoms with Gasteiger partial charge in [-0.05, 0) is 31.0 Å². The van der Waals surface area contributed by atoms with E-state index in [2.05, 4.69) is 4.98 Å². The monoisotopic (exact) mass is 436 g/mol. The number of anilines is 1. The molecule has 3 rings (SSSR count). The van der Waals surface area contributed by atoms with E-state index < -0.39 is 18.2 Å². The normalized spacial score (nSPS) is 16.0. The molecule has 9 nitrogen and oxygen atoms in total. The van der Waals surface area contributed by atoms with Gasteiger partial charge in [-0.3, -0.25) is 14.5 Å². The number of aliphatic hydroxyl groups excluding tert-OH is 2. The Labute approximate surface area is 179 Å². The SMILES string of the molecule is CCOC(=O)Cc1nc2c(n1Cc1ccc(Cl)cc1)C(=O)N(CCCO)C(O)N2C. The Bertz CT molecular complexity index is 915. The van der Waals surface area contributed by atoms with Crippen LogP contribution in [0.2, 0.25) is 5.02 Å². The van der Waals surface area contributed by atoms with E-state index in [1.54, 1.807) is 30.7 Å². The van der Waals surface area contributed by atoms with Crippen molar-refractivity contribution in [3.8, 4) is 0 Å². The number of nitrogens with zero attached hydrogens (tertiary/aromatic N) is 4. The molecule has 0 saturated heterocycles. The molecule has 2 aromatic rings. The molecule has 2 N–H and O–H groups in total. The molecule has 1 aromatic carbocycles. The first kappa shape index (κ1) is 22.1. The number of amides is 1. The van der Waals surface area contributed by atoms with Crippen molar-refractivity contribution in [1.29, 1.82) is 0 Å².